The first-order valence-corrected chi connectivity index (χ1v) is 10.4. The van der Waals surface area contributed by atoms with E-state index in [1.807, 2.05) is 42.3 Å². The Morgan fingerprint density at radius 2 is 1.97 bits per heavy atom. The third kappa shape index (κ3) is 3.37. The summed E-state index contributed by atoms with van der Waals surface area (Å²) in [4.78, 5) is 19.8. The molecule has 30 heavy (non-hydrogen) atoms. The Labute approximate surface area is 179 Å². The van der Waals surface area contributed by atoms with Crippen LogP contribution >= 0.6 is 11.6 Å². The van der Waals surface area contributed by atoms with E-state index in [9.17, 15) is 4.79 Å². The highest BCUT2D eigenvalue weighted by Gasteiger charge is 2.30. The summed E-state index contributed by atoms with van der Waals surface area (Å²) in [5.74, 6) is 1.67. The number of carbonyl (C=O) groups is 1. The van der Waals surface area contributed by atoms with E-state index in [0.29, 0.717) is 29.6 Å². The van der Waals surface area contributed by atoms with Crippen molar-refractivity contribution in [2.75, 3.05) is 13.1 Å². The molecule has 2 aromatic heterocycles. The van der Waals surface area contributed by atoms with Crippen molar-refractivity contribution in [3.63, 3.8) is 0 Å². The Hall–Kier alpha value is -3.12. The van der Waals surface area contributed by atoms with Crippen LogP contribution in [0.15, 0.2) is 59.1 Å². The largest absolute Gasteiger partial charge is 0.355 e. The number of imidazole rings is 1. The highest BCUT2D eigenvalue weighted by atomic mass is 35.5. The fourth-order valence-corrected chi connectivity index (χ4v) is 4.32. The first kappa shape index (κ1) is 18.9. The molecule has 4 aromatic rings. The van der Waals surface area contributed by atoms with Crippen LogP contribution in [-0.4, -0.2) is 38.6 Å². The quantitative estimate of drug-likeness (QED) is 0.472. The number of rotatable bonds is 3. The number of carbonyl (C=O) groups excluding carboxylic acids is 1. The Kier molecular flexibility index (Phi) is 4.79. The first-order valence-electron chi connectivity index (χ1n) is 10.0. The number of nitrogens with zero attached hydrogens (tertiary/aromatic N) is 4. The van der Waals surface area contributed by atoms with Gasteiger partial charge < -0.3 is 14.0 Å². The molecule has 1 amide bonds. The van der Waals surface area contributed by atoms with Crippen LogP contribution in [0, 0.1) is 0 Å². The van der Waals surface area contributed by atoms with Gasteiger partial charge in [0.25, 0.3) is 5.91 Å². The van der Waals surface area contributed by atoms with E-state index < -0.39 is 0 Å². The second-order valence-electron chi connectivity index (χ2n) is 7.69. The molecule has 1 aliphatic heterocycles. The van der Waals surface area contributed by atoms with Gasteiger partial charge in [-0.15, -0.1) is 0 Å². The zero-order chi connectivity index (χ0) is 20.7. The fraction of sp³-hybridized carbons (Fsp3) is 0.261. The summed E-state index contributed by atoms with van der Waals surface area (Å²) in [6.07, 6.45) is 1.94. The minimum absolute atomic E-state index is 0.109. The summed E-state index contributed by atoms with van der Waals surface area (Å²) in [5, 5.41) is 4.67. The van der Waals surface area contributed by atoms with E-state index in [2.05, 4.69) is 15.8 Å². The van der Waals surface area contributed by atoms with Crippen LogP contribution in [0.25, 0.3) is 22.4 Å². The number of hydrogen-bond donors (Lipinski definition) is 0. The maximum atomic E-state index is 13.1. The Bertz CT molecular complexity index is 1210. The number of halogens is 1. The van der Waals surface area contributed by atoms with Crippen molar-refractivity contribution in [2.24, 2.45) is 7.05 Å². The molecule has 0 radical (unpaired) electrons. The van der Waals surface area contributed by atoms with Crippen molar-refractivity contribution < 1.29 is 9.32 Å². The SMILES string of the molecule is Cn1c(C2CCCN(C(=O)c3cc(-c4ccc(Cl)cc4)on3)C2)nc2ccccc21. The number of aromatic nitrogens is 3. The second-order valence-corrected chi connectivity index (χ2v) is 8.13. The lowest BCUT2D eigenvalue weighted by molar-refractivity contribution is 0.0693. The zero-order valence-corrected chi connectivity index (χ0v) is 17.3. The molecule has 0 aliphatic carbocycles. The van der Waals surface area contributed by atoms with Crippen LogP contribution in [-0.2, 0) is 7.05 Å². The smallest absolute Gasteiger partial charge is 0.276 e. The van der Waals surface area contributed by atoms with Crippen LogP contribution < -0.4 is 0 Å². The Balaban J connectivity index is 1.36. The summed E-state index contributed by atoms with van der Waals surface area (Å²) >= 11 is 5.94. The van der Waals surface area contributed by atoms with E-state index in [4.69, 9.17) is 21.1 Å². The van der Waals surface area contributed by atoms with Gasteiger partial charge in [-0.3, -0.25) is 4.79 Å². The lowest BCUT2D eigenvalue weighted by Gasteiger charge is -2.31. The molecule has 6 nitrogen and oxygen atoms in total. The monoisotopic (exact) mass is 420 g/mol. The lowest BCUT2D eigenvalue weighted by Crippen LogP contribution is -2.39. The topological polar surface area (TPSA) is 64.2 Å². The average molecular weight is 421 g/mol. The molecular weight excluding hydrogens is 400 g/mol. The van der Waals surface area contributed by atoms with Gasteiger partial charge in [0, 0.05) is 42.7 Å². The van der Waals surface area contributed by atoms with Crippen LogP contribution in [0.4, 0.5) is 0 Å². The number of fused-ring (bicyclic) bond motifs is 1. The third-order valence-corrected chi connectivity index (χ3v) is 6.01. The van der Waals surface area contributed by atoms with Crippen LogP contribution in [0.2, 0.25) is 5.02 Å². The minimum atomic E-state index is -0.109. The van der Waals surface area contributed by atoms with Crippen molar-refractivity contribution in [2.45, 2.75) is 18.8 Å². The molecule has 1 fully saturated rings. The molecule has 0 bridgehead atoms. The number of likely N-dealkylation sites (tertiary alicyclic amines) is 1. The van der Waals surface area contributed by atoms with Crippen LogP contribution in [0.3, 0.4) is 0 Å². The first-order chi connectivity index (χ1) is 14.6. The summed E-state index contributed by atoms with van der Waals surface area (Å²) in [6.45, 7) is 1.33. The minimum Gasteiger partial charge on any atom is -0.355 e. The van der Waals surface area contributed by atoms with E-state index in [1.165, 1.54) is 0 Å². The lowest BCUT2D eigenvalue weighted by atomic mass is 9.97. The van der Waals surface area contributed by atoms with Crippen molar-refractivity contribution in [3.05, 3.63) is 71.1 Å². The molecule has 0 N–H and O–H groups in total. The van der Waals surface area contributed by atoms with Gasteiger partial charge in [-0.1, -0.05) is 28.9 Å². The normalized spacial score (nSPS) is 16.9. The second kappa shape index (κ2) is 7.61. The molecule has 0 spiro atoms. The van der Waals surface area contributed by atoms with Gasteiger partial charge in [0.2, 0.25) is 0 Å². The maximum Gasteiger partial charge on any atom is 0.276 e. The summed E-state index contributed by atoms with van der Waals surface area (Å²) in [7, 11) is 2.04. The van der Waals surface area contributed by atoms with Crippen molar-refractivity contribution in [1.29, 1.82) is 0 Å². The summed E-state index contributed by atoms with van der Waals surface area (Å²) in [5.41, 5.74) is 3.26. The van der Waals surface area contributed by atoms with Crippen LogP contribution in [0.5, 0.6) is 0 Å². The molecule has 1 saturated heterocycles. The van der Waals surface area contributed by atoms with Gasteiger partial charge in [-0.05, 0) is 49.2 Å². The van der Waals surface area contributed by atoms with Gasteiger partial charge in [0.15, 0.2) is 11.5 Å². The van der Waals surface area contributed by atoms with E-state index in [-0.39, 0.29) is 11.8 Å². The van der Waals surface area contributed by atoms with Gasteiger partial charge in [0.1, 0.15) is 5.82 Å². The highest BCUT2D eigenvalue weighted by molar-refractivity contribution is 6.30. The van der Waals surface area contributed by atoms with Gasteiger partial charge in [-0.25, -0.2) is 4.98 Å². The van der Waals surface area contributed by atoms with E-state index >= 15 is 0 Å². The molecule has 152 valence electrons. The molecule has 3 heterocycles. The average Bonchev–Trinajstić information content (AvgIpc) is 3.40. The Morgan fingerprint density at radius 1 is 1.17 bits per heavy atom. The van der Waals surface area contributed by atoms with Crippen molar-refractivity contribution in [3.8, 4) is 11.3 Å². The summed E-state index contributed by atoms with van der Waals surface area (Å²) in [6, 6.07) is 17.1. The molecule has 2 aromatic carbocycles. The van der Waals surface area contributed by atoms with Crippen molar-refractivity contribution >= 4 is 28.5 Å². The van der Waals surface area contributed by atoms with E-state index in [0.717, 1.165) is 35.3 Å². The molecule has 1 unspecified atom stereocenters. The molecule has 5 rings (SSSR count). The highest BCUT2D eigenvalue weighted by Crippen LogP contribution is 2.30. The van der Waals surface area contributed by atoms with Crippen LogP contribution in [0.1, 0.15) is 35.1 Å². The van der Waals surface area contributed by atoms with Gasteiger partial charge in [0.05, 0.1) is 11.0 Å². The number of piperidine rings is 1. The molecule has 1 aliphatic rings. The maximum absolute atomic E-state index is 13.1. The number of hydrogen-bond acceptors (Lipinski definition) is 4. The fourth-order valence-electron chi connectivity index (χ4n) is 4.19. The molecule has 1 atom stereocenters. The zero-order valence-electron chi connectivity index (χ0n) is 16.6. The number of amides is 1. The van der Waals surface area contributed by atoms with Crippen molar-refractivity contribution in [1.82, 2.24) is 19.6 Å². The number of benzene rings is 2. The molecule has 0 saturated carbocycles. The molecule has 7 heteroatoms. The van der Waals surface area contributed by atoms with E-state index in [1.54, 1.807) is 18.2 Å². The summed E-state index contributed by atoms with van der Waals surface area (Å²) < 4.78 is 7.56. The predicted octanol–water partition coefficient (Wildman–Crippen LogP) is 4.90. The Morgan fingerprint density at radius 3 is 2.77 bits per heavy atom. The van der Waals surface area contributed by atoms with Gasteiger partial charge >= 0.3 is 0 Å². The third-order valence-electron chi connectivity index (χ3n) is 5.75. The number of para-hydroxylation sites is 2. The predicted molar refractivity (Wildman–Crippen MR) is 116 cm³/mol. The molecular formula is C23H21ClN4O2. The number of aryl methyl sites for hydroxylation is 1. The van der Waals surface area contributed by atoms with Gasteiger partial charge in [-0.2, -0.15) is 0 Å². The standard InChI is InChI=1S/C23H21ClN4O2/c1-27-20-7-3-2-6-18(20)25-22(27)16-5-4-12-28(14-16)23(29)19-13-21(30-26-19)15-8-10-17(24)11-9-15/h2-3,6-11,13,16H,4-5,12,14H2,1H3.